The van der Waals surface area contributed by atoms with Crippen molar-refractivity contribution in [2.45, 2.75) is 38.0 Å². The van der Waals surface area contributed by atoms with Crippen LogP contribution in [0.1, 0.15) is 42.1 Å². The molecule has 116 valence electrons. The number of sulfonamides is 1. The van der Waals surface area contributed by atoms with E-state index in [2.05, 4.69) is 0 Å². The fourth-order valence-electron chi connectivity index (χ4n) is 2.46. The minimum Gasteiger partial charge on any atom is -0.462 e. The molecule has 1 aromatic rings. The SMILES string of the molecule is CCOC(=O)c1ccc(C)c(S(=O)(=O)N2CCCCC2)c1. The molecule has 21 heavy (non-hydrogen) atoms. The van der Waals surface area contributed by atoms with Gasteiger partial charge in [-0.1, -0.05) is 12.5 Å². The summed E-state index contributed by atoms with van der Waals surface area (Å²) < 4.78 is 31.9. The van der Waals surface area contributed by atoms with Crippen LogP contribution in [0.25, 0.3) is 0 Å². The average molecular weight is 311 g/mol. The molecule has 0 amide bonds. The highest BCUT2D eigenvalue weighted by molar-refractivity contribution is 7.89. The third kappa shape index (κ3) is 3.44. The van der Waals surface area contributed by atoms with Gasteiger partial charge in [-0.2, -0.15) is 4.31 Å². The smallest absolute Gasteiger partial charge is 0.338 e. The second-order valence-electron chi connectivity index (χ2n) is 5.17. The van der Waals surface area contributed by atoms with E-state index in [1.54, 1.807) is 26.0 Å². The van der Waals surface area contributed by atoms with Crippen molar-refractivity contribution in [3.8, 4) is 0 Å². The first kappa shape index (κ1) is 16.0. The standard InChI is InChI=1S/C15H21NO4S/c1-3-20-15(17)13-8-7-12(2)14(11-13)21(18,19)16-9-5-4-6-10-16/h7-8,11H,3-6,9-10H2,1-2H3. The van der Waals surface area contributed by atoms with Gasteiger partial charge in [0.2, 0.25) is 10.0 Å². The Morgan fingerprint density at radius 1 is 1.24 bits per heavy atom. The highest BCUT2D eigenvalue weighted by atomic mass is 32.2. The lowest BCUT2D eigenvalue weighted by atomic mass is 10.1. The molecule has 0 spiro atoms. The van der Waals surface area contributed by atoms with Crippen molar-refractivity contribution in [2.75, 3.05) is 19.7 Å². The summed E-state index contributed by atoms with van der Waals surface area (Å²) in [6.07, 6.45) is 2.83. The van der Waals surface area contributed by atoms with Crippen molar-refractivity contribution in [1.82, 2.24) is 4.31 Å². The van der Waals surface area contributed by atoms with Crippen LogP contribution in [-0.4, -0.2) is 38.4 Å². The summed E-state index contributed by atoms with van der Waals surface area (Å²) in [6, 6.07) is 4.68. The van der Waals surface area contributed by atoms with E-state index in [1.165, 1.54) is 10.4 Å². The number of benzene rings is 1. The molecule has 5 nitrogen and oxygen atoms in total. The molecule has 1 heterocycles. The molecular formula is C15H21NO4S. The van der Waals surface area contributed by atoms with E-state index in [-0.39, 0.29) is 17.1 Å². The van der Waals surface area contributed by atoms with Gasteiger partial charge in [0.1, 0.15) is 0 Å². The Morgan fingerprint density at radius 3 is 2.52 bits per heavy atom. The summed E-state index contributed by atoms with van der Waals surface area (Å²) in [7, 11) is -3.54. The number of hydrogen-bond acceptors (Lipinski definition) is 4. The van der Waals surface area contributed by atoms with Gasteiger partial charge in [-0.05, 0) is 44.4 Å². The molecule has 6 heteroatoms. The molecule has 0 saturated carbocycles. The Labute approximate surface area is 126 Å². The molecule has 0 radical (unpaired) electrons. The highest BCUT2D eigenvalue weighted by Crippen LogP contribution is 2.24. The molecule has 1 saturated heterocycles. The zero-order valence-electron chi connectivity index (χ0n) is 12.5. The number of carbonyl (C=O) groups excluding carboxylic acids is 1. The highest BCUT2D eigenvalue weighted by Gasteiger charge is 2.28. The number of carbonyl (C=O) groups is 1. The second kappa shape index (κ2) is 6.58. The summed E-state index contributed by atoms with van der Waals surface area (Å²) in [5, 5.41) is 0. The minimum atomic E-state index is -3.54. The largest absolute Gasteiger partial charge is 0.462 e. The van der Waals surface area contributed by atoms with Gasteiger partial charge in [0, 0.05) is 13.1 Å². The van der Waals surface area contributed by atoms with Crippen molar-refractivity contribution >= 4 is 16.0 Å². The minimum absolute atomic E-state index is 0.204. The maximum Gasteiger partial charge on any atom is 0.338 e. The van der Waals surface area contributed by atoms with Crippen molar-refractivity contribution < 1.29 is 17.9 Å². The van der Waals surface area contributed by atoms with Gasteiger partial charge >= 0.3 is 5.97 Å². The Kier molecular flexibility index (Phi) is 5.00. The summed E-state index contributed by atoms with van der Waals surface area (Å²) in [6.45, 7) is 4.82. The summed E-state index contributed by atoms with van der Waals surface area (Å²) in [4.78, 5) is 12.0. The summed E-state index contributed by atoms with van der Waals surface area (Å²) >= 11 is 0. The van der Waals surface area contributed by atoms with E-state index in [0.717, 1.165) is 19.3 Å². The number of nitrogens with zero attached hydrogens (tertiary/aromatic N) is 1. The van der Waals surface area contributed by atoms with Crippen LogP contribution in [0.3, 0.4) is 0 Å². The van der Waals surface area contributed by atoms with Gasteiger partial charge < -0.3 is 4.74 Å². The quantitative estimate of drug-likeness (QED) is 0.801. The lowest BCUT2D eigenvalue weighted by Gasteiger charge is -2.26. The monoisotopic (exact) mass is 311 g/mol. The van der Waals surface area contributed by atoms with Gasteiger partial charge in [0.05, 0.1) is 17.1 Å². The number of ether oxygens (including phenoxy) is 1. The second-order valence-corrected chi connectivity index (χ2v) is 7.07. The van der Waals surface area contributed by atoms with Crippen LogP contribution in [0.4, 0.5) is 0 Å². The summed E-state index contributed by atoms with van der Waals surface area (Å²) in [5.41, 5.74) is 0.923. The fraction of sp³-hybridized carbons (Fsp3) is 0.533. The summed E-state index contributed by atoms with van der Waals surface area (Å²) in [5.74, 6) is -0.493. The van der Waals surface area contributed by atoms with Crippen LogP contribution < -0.4 is 0 Å². The predicted octanol–water partition coefficient (Wildman–Crippen LogP) is 2.35. The first-order valence-corrected chi connectivity index (χ1v) is 8.68. The molecule has 2 rings (SSSR count). The lowest BCUT2D eigenvalue weighted by Crippen LogP contribution is -2.36. The van der Waals surface area contributed by atoms with E-state index in [0.29, 0.717) is 18.7 Å². The third-order valence-corrected chi connectivity index (χ3v) is 5.67. The Hall–Kier alpha value is -1.40. The molecule has 0 atom stereocenters. The van der Waals surface area contributed by atoms with Crippen LogP contribution in [0.5, 0.6) is 0 Å². The molecule has 1 aliphatic rings. The lowest BCUT2D eigenvalue weighted by molar-refractivity contribution is 0.0526. The number of rotatable bonds is 4. The van der Waals surface area contributed by atoms with Crippen LogP contribution in [0.2, 0.25) is 0 Å². The molecule has 0 unspecified atom stereocenters. The fourth-order valence-corrected chi connectivity index (χ4v) is 4.23. The molecule has 0 aliphatic carbocycles. The van der Waals surface area contributed by atoms with Crippen molar-refractivity contribution in [3.63, 3.8) is 0 Å². The number of esters is 1. The Bertz CT molecular complexity index is 619. The van der Waals surface area contributed by atoms with E-state index in [9.17, 15) is 13.2 Å². The zero-order valence-corrected chi connectivity index (χ0v) is 13.3. The predicted molar refractivity (Wildman–Crippen MR) is 79.7 cm³/mol. The van der Waals surface area contributed by atoms with E-state index >= 15 is 0 Å². The number of hydrogen-bond donors (Lipinski definition) is 0. The topological polar surface area (TPSA) is 63.7 Å². The third-order valence-electron chi connectivity index (χ3n) is 3.63. The van der Waals surface area contributed by atoms with Crippen molar-refractivity contribution in [2.24, 2.45) is 0 Å². The molecule has 0 bridgehead atoms. The van der Waals surface area contributed by atoms with Crippen LogP contribution in [-0.2, 0) is 14.8 Å². The molecule has 1 aromatic carbocycles. The van der Waals surface area contributed by atoms with E-state index < -0.39 is 16.0 Å². The maximum atomic E-state index is 12.7. The van der Waals surface area contributed by atoms with Gasteiger partial charge in [-0.3, -0.25) is 0 Å². The maximum absolute atomic E-state index is 12.7. The van der Waals surface area contributed by atoms with Crippen LogP contribution in [0.15, 0.2) is 23.1 Å². The van der Waals surface area contributed by atoms with Gasteiger partial charge in [-0.15, -0.1) is 0 Å². The Balaban J connectivity index is 2.37. The molecular weight excluding hydrogens is 290 g/mol. The molecule has 1 fully saturated rings. The first-order chi connectivity index (χ1) is 9.96. The number of piperidine rings is 1. The van der Waals surface area contributed by atoms with E-state index in [1.807, 2.05) is 0 Å². The molecule has 0 N–H and O–H groups in total. The van der Waals surface area contributed by atoms with Crippen LogP contribution in [0, 0.1) is 6.92 Å². The average Bonchev–Trinajstić information content (AvgIpc) is 2.48. The van der Waals surface area contributed by atoms with E-state index in [4.69, 9.17) is 4.74 Å². The normalized spacial score (nSPS) is 16.7. The van der Waals surface area contributed by atoms with Crippen LogP contribution >= 0.6 is 0 Å². The van der Waals surface area contributed by atoms with Gasteiger partial charge in [-0.25, -0.2) is 13.2 Å². The van der Waals surface area contributed by atoms with Gasteiger partial charge in [0.15, 0.2) is 0 Å². The van der Waals surface area contributed by atoms with Crippen molar-refractivity contribution in [1.29, 1.82) is 0 Å². The first-order valence-electron chi connectivity index (χ1n) is 7.24. The van der Waals surface area contributed by atoms with Crippen molar-refractivity contribution in [3.05, 3.63) is 29.3 Å². The Morgan fingerprint density at radius 2 is 1.90 bits per heavy atom. The molecule has 0 aromatic heterocycles. The molecule has 1 aliphatic heterocycles. The van der Waals surface area contributed by atoms with Gasteiger partial charge in [0.25, 0.3) is 0 Å². The zero-order chi connectivity index (χ0) is 15.5. The number of aryl methyl sites for hydroxylation is 1.